The van der Waals surface area contributed by atoms with Gasteiger partial charge in [0.1, 0.15) is 23.4 Å². The molecule has 3 aliphatic heterocycles. The molecule has 2 amide bonds. The van der Waals surface area contributed by atoms with Crippen molar-refractivity contribution in [1.82, 2.24) is 10.1 Å². The van der Waals surface area contributed by atoms with Crippen LogP contribution < -0.4 is 4.90 Å². The van der Waals surface area contributed by atoms with Crippen LogP contribution in [-0.2, 0) is 20.9 Å². The van der Waals surface area contributed by atoms with E-state index in [1.807, 2.05) is 12.2 Å². The second-order valence-electron chi connectivity index (χ2n) is 7.94. The van der Waals surface area contributed by atoms with Crippen LogP contribution in [0.15, 0.2) is 47.2 Å². The van der Waals surface area contributed by atoms with Crippen LogP contribution >= 0.6 is 0 Å². The van der Waals surface area contributed by atoms with Crippen molar-refractivity contribution in [3.05, 3.63) is 59.8 Å². The van der Waals surface area contributed by atoms with Crippen LogP contribution in [0.2, 0.25) is 0 Å². The lowest BCUT2D eigenvalue weighted by Crippen LogP contribution is -2.44. The topological polar surface area (TPSA) is 75.9 Å². The van der Waals surface area contributed by atoms with Gasteiger partial charge in [0.15, 0.2) is 0 Å². The molecule has 0 aliphatic carbocycles. The molecular formula is C21H20FN3O4. The van der Waals surface area contributed by atoms with Crippen molar-refractivity contribution in [2.24, 2.45) is 11.8 Å². The van der Waals surface area contributed by atoms with E-state index in [1.54, 1.807) is 35.9 Å². The van der Waals surface area contributed by atoms with Gasteiger partial charge in [0.2, 0.25) is 11.8 Å². The molecule has 0 saturated carbocycles. The van der Waals surface area contributed by atoms with Crippen molar-refractivity contribution >= 4 is 17.5 Å². The van der Waals surface area contributed by atoms with E-state index in [9.17, 15) is 14.0 Å². The van der Waals surface area contributed by atoms with E-state index in [2.05, 4.69) is 5.16 Å². The molecule has 0 N–H and O–H groups in total. The van der Waals surface area contributed by atoms with Crippen molar-refractivity contribution in [3.63, 3.8) is 0 Å². The van der Waals surface area contributed by atoms with E-state index in [0.717, 1.165) is 0 Å². The highest BCUT2D eigenvalue weighted by atomic mass is 19.1. The van der Waals surface area contributed by atoms with Crippen LogP contribution in [0.1, 0.15) is 11.3 Å². The molecule has 7 nitrogen and oxygen atoms in total. The molecular weight excluding hydrogens is 377 g/mol. The van der Waals surface area contributed by atoms with Gasteiger partial charge < -0.3 is 19.1 Å². The Balaban J connectivity index is 1.44. The summed E-state index contributed by atoms with van der Waals surface area (Å²) in [5, 5.41) is 3.84. The Kier molecular flexibility index (Phi) is 3.89. The minimum Gasteiger partial charge on any atom is -0.364 e. The first-order valence-corrected chi connectivity index (χ1v) is 9.48. The summed E-state index contributed by atoms with van der Waals surface area (Å²) in [6.45, 7) is 2.36. The average Bonchev–Trinajstić information content (AvgIpc) is 3.44. The molecule has 2 aromatic rings. The zero-order chi connectivity index (χ0) is 20.3. The Bertz CT molecular complexity index is 1020. The second-order valence-corrected chi connectivity index (χ2v) is 7.94. The summed E-state index contributed by atoms with van der Waals surface area (Å²) in [5.41, 5.74) is 1.12. The highest BCUT2D eigenvalue weighted by molar-refractivity contribution is 6.03. The molecule has 2 bridgehead atoms. The van der Waals surface area contributed by atoms with Crippen molar-refractivity contribution in [2.45, 2.75) is 25.2 Å². The number of fused-ring (bicyclic) bond motifs is 1. The maximum Gasteiger partial charge on any atom is 0.234 e. The summed E-state index contributed by atoms with van der Waals surface area (Å²) >= 11 is 0. The van der Waals surface area contributed by atoms with Crippen molar-refractivity contribution in [2.75, 3.05) is 18.5 Å². The zero-order valence-electron chi connectivity index (χ0n) is 16.0. The summed E-state index contributed by atoms with van der Waals surface area (Å²) in [6.07, 6.45) is 4.81. The number of halogens is 1. The van der Waals surface area contributed by atoms with E-state index in [4.69, 9.17) is 9.26 Å². The summed E-state index contributed by atoms with van der Waals surface area (Å²) in [5.74, 6) is -1.89. The third-order valence-electron chi connectivity index (χ3n) is 6.10. The predicted octanol–water partition coefficient (Wildman–Crippen LogP) is 2.07. The highest BCUT2D eigenvalue weighted by Gasteiger charge is 2.67. The lowest BCUT2D eigenvalue weighted by atomic mass is 9.76. The van der Waals surface area contributed by atoms with Gasteiger partial charge in [0, 0.05) is 18.8 Å². The monoisotopic (exact) mass is 397 g/mol. The van der Waals surface area contributed by atoms with Gasteiger partial charge in [0.05, 0.1) is 31.0 Å². The highest BCUT2D eigenvalue weighted by Crippen LogP contribution is 2.53. The van der Waals surface area contributed by atoms with E-state index < -0.39 is 23.5 Å². The molecule has 1 aromatic heterocycles. The van der Waals surface area contributed by atoms with Crippen LogP contribution in [0.25, 0.3) is 0 Å². The smallest absolute Gasteiger partial charge is 0.234 e. The summed E-state index contributed by atoms with van der Waals surface area (Å²) < 4.78 is 24.5. The Labute approximate surface area is 166 Å². The molecule has 29 heavy (non-hydrogen) atoms. The van der Waals surface area contributed by atoms with Crippen molar-refractivity contribution in [1.29, 1.82) is 0 Å². The Hall–Kier alpha value is -3.00. The SMILES string of the molecule is Cc1cc(F)ccc1N1C[C@]23C=C[C@H](O2)[C@@H](C(=O)N(C)Cc2ccon2)[C@@H]3C1=O. The fourth-order valence-corrected chi connectivity index (χ4v) is 4.80. The molecule has 3 aliphatic rings. The molecule has 150 valence electrons. The first-order chi connectivity index (χ1) is 13.9. The van der Waals surface area contributed by atoms with Crippen LogP contribution in [0.4, 0.5) is 10.1 Å². The number of ether oxygens (including phenoxy) is 1. The predicted molar refractivity (Wildman–Crippen MR) is 100 cm³/mol. The molecule has 2 saturated heterocycles. The van der Waals surface area contributed by atoms with Gasteiger partial charge in [-0.3, -0.25) is 9.59 Å². The molecule has 1 spiro atoms. The van der Waals surface area contributed by atoms with Crippen molar-refractivity contribution < 1.29 is 23.2 Å². The number of aryl methyl sites for hydroxylation is 1. The quantitative estimate of drug-likeness (QED) is 0.739. The molecule has 1 aromatic carbocycles. The van der Waals surface area contributed by atoms with Gasteiger partial charge in [-0.15, -0.1) is 0 Å². The minimum absolute atomic E-state index is 0.166. The first-order valence-electron chi connectivity index (χ1n) is 9.48. The van der Waals surface area contributed by atoms with E-state index in [0.29, 0.717) is 23.5 Å². The lowest BCUT2D eigenvalue weighted by molar-refractivity contribution is -0.139. The van der Waals surface area contributed by atoms with Gasteiger partial charge in [-0.2, -0.15) is 0 Å². The van der Waals surface area contributed by atoms with Crippen LogP contribution in [-0.4, -0.2) is 47.2 Å². The van der Waals surface area contributed by atoms with E-state index >= 15 is 0 Å². The maximum absolute atomic E-state index is 13.5. The molecule has 5 rings (SSSR count). The van der Waals surface area contributed by atoms with Gasteiger partial charge in [0.25, 0.3) is 0 Å². The minimum atomic E-state index is -0.822. The number of rotatable bonds is 4. The zero-order valence-corrected chi connectivity index (χ0v) is 16.0. The molecule has 0 radical (unpaired) electrons. The Morgan fingerprint density at radius 2 is 2.24 bits per heavy atom. The number of anilines is 1. The number of nitrogens with zero attached hydrogens (tertiary/aromatic N) is 3. The van der Waals surface area contributed by atoms with Gasteiger partial charge in [-0.05, 0) is 30.7 Å². The second kappa shape index (κ2) is 6.25. The number of benzene rings is 1. The molecule has 0 unspecified atom stereocenters. The van der Waals surface area contributed by atoms with Gasteiger partial charge in [-0.25, -0.2) is 4.39 Å². The molecule has 8 heteroatoms. The van der Waals surface area contributed by atoms with Gasteiger partial charge >= 0.3 is 0 Å². The number of carbonyl (C=O) groups excluding carboxylic acids is 2. The number of aromatic nitrogens is 1. The fraction of sp³-hybridized carbons (Fsp3) is 0.381. The summed E-state index contributed by atoms with van der Waals surface area (Å²) in [7, 11) is 1.68. The maximum atomic E-state index is 13.5. The molecule has 4 atom stereocenters. The fourth-order valence-electron chi connectivity index (χ4n) is 4.80. The van der Waals surface area contributed by atoms with E-state index in [-0.39, 0.29) is 24.2 Å². The number of hydrogen-bond acceptors (Lipinski definition) is 5. The van der Waals surface area contributed by atoms with Crippen LogP contribution in [0.5, 0.6) is 0 Å². The summed E-state index contributed by atoms with van der Waals surface area (Å²) in [6, 6.07) is 6.03. The standard InChI is InChI=1S/C21H20FN3O4/c1-12-9-13(22)3-4-15(12)25-11-21-7-5-16(29-21)17(18(21)20(25)27)19(26)24(2)10-14-6-8-28-23-14/h3-9,16-18H,10-11H2,1-2H3/t16-,17+,18+,21-/m0/s1. The first kappa shape index (κ1) is 18.1. The number of carbonyl (C=O) groups is 2. The summed E-state index contributed by atoms with van der Waals surface area (Å²) in [4.78, 5) is 29.8. The molecule has 2 fully saturated rings. The largest absolute Gasteiger partial charge is 0.364 e. The van der Waals surface area contributed by atoms with Crippen molar-refractivity contribution in [3.8, 4) is 0 Å². The lowest BCUT2D eigenvalue weighted by Gasteiger charge is -2.27. The Morgan fingerprint density at radius 3 is 2.97 bits per heavy atom. The average molecular weight is 397 g/mol. The number of amides is 2. The van der Waals surface area contributed by atoms with Crippen LogP contribution in [0.3, 0.4) is 0 Å². The van der Waals surface area contributed by atoms with Gasteiger partial charge in [-0.1, -0.05) is 17.3 Å². The molecule has 4 heterocycles. The number of hydrogen-bond donors (Lipinski definition) is 0. The third kappa shape index (κ3) is 2.62. The van der Waals surface area contributed by atoms with Crippen LogP contribution in [0, 0.1) is 24.6 Å². The normalized spacial score (nSPS) is 29.6. The van der Waals surface area contributed by atoms with E-state index in [1.165, 1.54) is 18.4 Å². The third-order valence-corrected chi connectivity index (χ3v) is 6.10. The Morgan fingerprint density at radius 1 is 1.41 bits per heavy atom.